The largest absolute Gasteiger partial charge is 0.494 e. The number of carbonyl (C=O) groups excluding carboxylic acids is 2. The highest BCUT2D eigenvalue weighted by Crippen LogP contribution is 2.29. The van der Waals surface area contributed by atoms with Crippen LogP contribution in [0.15, 0.2) is 24.5 Å². The number of nitrogens with zero attached hydrogens (tertiary/aromatic N) is 5. The Morgan fingerprint density at radius 2 is 2.10 bits per heavy atom. The summed E-state index contributed by atoms with van der Waals surface area (Å²) in [7, 11) is 1.63. The molecule has 2 amide bonds. The molecule has 9 nitrogen and oxygen atoms in total. The predicted molar refractivity (Wildman–Crippen MR) is 112 cm³/mol. The van der Waals surface area contributed by atoms with Crippen molar-refractivity contribution in [2.45, 2.75) is 26.2 Å². The van der Waals surface area contributed by atoms with E-state index in [-0.39, 0.29) is 18.4 Å². The number of hydrogen-bond donors (Lipinski definition) is 1. The van der Waals surface area contributed by atoms with Crippen LogP contribution in [-0.2, 0) is 9.59 Å². The average Bonchev–Trinajstić information content (AvgIpc) is 3.51. The molecule has 1 aromatic carbocycles. The smallest absolute Gasteiger partial charge is 0.239 e. The van der Waals surface area contributed by atoms with Crippen molar-refractivity contribution < 1.29 is 14.3 Å². The van der Waals surface area contributed by atoms with Crippen molar-refractivity contribution in [2.75, 3.05) is 44.7 Å². The standard InChI is InChI=1S/C21H28N6O3/c1-15-23-14-27(24-15)18-6-5-17(11-19(18)30-2)25-8-7-21(29)26(10-9-25)13-20(28)22-12-16-3-4-16/h5-6,11,14,16H,3-4,7-10,12-13H2,1-2H3,(H,22,28). The molecule has 0 radical (unpaired) electrons. The number of ether oxygens (including phenoxy) is 1. The van der Waals surface area contributed by atoms with Crippen molar-refractivity contribution in [1.82, 2.24) is 25.0 Å². The van der Waals surface area contributed by atoms with E-state index < -0.39 is 0 Å². The van der Waals surface area contributed by atoms with E-state index in [2.05, 4.69) is 20.3 Å². The molecule has 160 valence electrons. The molecule has 1 aliphatic heterocycles. The third kappa shape index (κ3) is 4.72. The van der Waals surface area contributed by atoms with Crippen molar-refractivity contribution in [3.05, 3.63) is 30.4 Å². The van der Waals surface area contributed by atoms with Gasteiger partial charge in [0.05, 0.1) is 13.7 Å². The normalized spacial score (nSPS) is 17.1. The Labute approximate surface area is 176 Å². The van der Waals surface area contributed by atoms with Crippen LogP contribution in [0.5, 0.6) is 5.75 Å². The van der Waals surface area contributed by atoms with Gasteiger partial charge in [0, 0.05) is 44.4 Å². The number of rotatable bonds is 7. The number of amides is 2. The molecule has 0 atom stereocenters. The zero-order chi connectivity index (χ0) is 21.1. The molecule has 0 bridgehead atoms. The summed E-state index contributed by atoms with van der Waals surface area (Å²) >= 11 is 0. The summed E-state index contributed by atoms with van der Waals surface area (Å²) in [5.41, 5.74) is 1.78. The predicted octanol–water partition coefficient (Wildman–Crippen LogP) is 1.15. The Morgan fingerprint density at radius 1 is 1.27 bits per heavy atom. The number of methoxy groups -OCH3 is 1. The highest BCUT2D eigenvalue weighted by Gasteiger charge is 2.25. The van der Waals surface area contributed by atoms with E-state index in [0.717, 1.165) is 17.9 Å². The summed E-state index contributed by atoms with van der Waals surface area (Å²) in [6.45, 7) is 4.47. The number of aromatic nitrogens is 3. The van der Waals surface area contributed by atoms with Crippen molar-refractivity contribution in [1.29, 1.82) is 0 Å². The number of carbonyl (C=O) groups is 2. The first-order chi connectivity index (χ1) is 14.5. The lowest BCUT2D eigenvalue weighted by Gasteiger charge is -2.24. The van der Waals surface area contributed by atoms with Gasteiger partial charge in [-0.2, -0.15) is 5.10 Å². The maximum Gasteiger partial charge on any atom is 0.239 e. The maximum absolute atomic E-state index is 12.5. The Kier molecular flexibility index (Phi) is 5.87. The fraction of sp³-hybridized carbons (Fsp3) is 0.524. The molecule has 9 heteroatoms. The van der Waals surface area contributed by atoms with Gasteiger partial charge in [0.15, 0.2) is 0 Å². The minimum atomic E-state index is -0.0714. The number of hydrogen-bond acceptors (Lipinski definition) is 6. The Balaban J connectivity index is 1.41. The first kappa shape index (κ1) is 20.2. The molecule has 2 heterocycles. The van der Waals surface area contributed by atoms with E-state index in [1.807, 2.05) is 25.1 Å². The topological polar surface area (TPSA) is 92.6 Å². The van der Waals surface area contributed by atoms with Crippen molar-refractivity contribution in [3.8, 4) is 11.4 Å². The van der Waals surface area contributed by atoms with Gasteiger partial charge in [0.1, 0.15) is 23.6 Å². The third-order valence-electron chi connectivity index (χ3n) is 5.59. The summed E-state index contributed by atoms with van der Waals surface area (Å²) < 4.78 is 7.26. The van der Waals surface area contributed by atoms with E-state index in [4.69, 9.17) is 4.74 Å². The fourth-order valence-corrected chi connectivity index (χ4v) is 3.62. The SMILES string of the molecule is COc1cc(N2CCC(=O)N(CC(=O)NCC3CC3)CC2)ccc1-n1cnc(C)n1. The lowest BCUT2D eigenvalue weighted by Crippen LogP contribution is -2.42. The molecule has 1 aliphatic carbocycles. The molecule has 30 heavy (non-hydrogen) atoms. The summed E-state index contributed by atoms with van der Waals surface area (Å²) in [6, 6.07) is 5.89. The summed E-state index contributed by atoms with van der Waals surface area (Å²) in [4.78, 5) is 32.7. The van der Waals surface area contributed by atoms with Gasteiger partial charge >= 0.3 is 0 Å². The molecule has 1 saturated carbocycles. The van der Waals surface area contributed by atoms with Gasteiger partial charge in [-0.05, 0) is 37.8 Å². The first-order valence-corrected chi connectivity index (χ1v) is 10.4. The van der Waals surface area contributed by atoms with Gasteiger partial charge in [0.25, 0.3) is 0 Å². The van der Waals surface area contributed by atoms with Gasteiger partial charge in [0.2, 0.25) is 11.8 Å². The van der Waals surface area contributed by atoms with Crippen LogP contribution in [0.4, 0.5) is 5.69 Å². The minimum absolute atomic E-state index is 0.0146. The van der Waals surface area contributed by atoms with Crippen LogP contribution in [0, 0.1) is 12.8 Å². The van der Waals surface area contributed by atoms with Crippen LogP contribution in [0.3, 0.4) is 0 Å². The second kappa shape index (κ2) is 8.73. The lowest BCUT2D eigenvalue weighted by molar-refractivity contribution is -0.135. The van der Waals surface area contributed by atoms with Gasteiger partial charge in [-0.15, -0.1) is 0 Å². The Morgan fingerprint density at radius 3 is 2.80 bits per heavy atom. The monoisotopic (exact) mass is 412 g/mol. The van der Waals surface area contributed by atoms with Crippen LogP contribution in [0.1, 0.15) is 25.1 Å². The number of nitrogens with one attached hydrogen (secondary N) is 1. The zero-order valence-electron chi connectivity index (χ0n) is 17.5. The highest BCUT2D eigenvalue weighted by molar-refractivity contribution is 5.85. The molecule has 4 rings (SSSR count). The van der Waals surface area contributed by atoms with Crippen LogP contribution >= 0.6 is 0 Å². The van der Waals surface area contributed by atoms with Crippen LogP contribution in [-0.4, -0.2) is 71.3 Å². The molecule has 0 spiro atoms. The number of aryl methyl sites for hydroxylation is 1. The third-order valence-corrected chi connectivity index (χ3v) is 5.59. The highest BCUT2D eigenvalue weighted by atomic mass is 16.5. The maximum atomic E-state index is 12.5. The quantitative estimate of drug-likeness (QED) is 0.733. The minimum Gasteiger partial charge on any atom is -0.494 e. The molecular weight excluding hydrogens is 384 g/mol. The van der Waals surface area contributed by atoms with Gasteiger partial charge in [-0.25, -0.2) is 9.67 Å². The second-order valence-electron chi connectivity index (χ2n) is 7.89. The van der Waals surface area contributed by atoms with Crippen LogP contribution < -0.4 is 15.0 Å². The van der Waals surface area contributed by atoms with E-state index in [1.54, 1.807) is 23.0 Å². The van der Waals surface area contributed by atoms with Crippen molar-refractivity contribution >= 4 is 17.5 Å². The molecule has 2 aromatic rings. The molecular formula is C21H28N6O3. The van der Waals surface area contributed by atoms with Crippen LogP contribution in [0.2, 0.25) is 0 Å². The lowest BCUT2D eigenvalue weighted by atomic mass is 10.2. The Hall–Kier alpha value is -3.10. The molecule has 1 saturated heterocycles. The molecule has 1 N–H and O–H groups in total. The summed E-state index contributed by atoms with van der Waals surface area (Å²) in [5.74, 6) is 1.94. The Bertz CT molecular complexity index is 923. The molecule has 2 fully saturated rings. The summed E-state index contributed by atoms with van der Waals surface area (Å²) in [6.07, 6.45) is 4.42. The van der Waals surface area contributed by atoms with Crippen molar-refractivity contribution in [3.63, 3.8) is 0 Å². The molecule has 1 aromatic heterocycles. The molecule has 2 aliphatic rings. The van der Waals surface area contributed by atoms with Gasteiger partial charge in [-0.3, -0.25) is 9.59 Å². The van der Waals surface area contributed by atoms with E-state index in [9.17, 15) is 9.59 Å². The second-order valence-corrected chi connectivity index (χ2v) is 7.89. The van der Waals surface area contributed by atoms with Gasteiger partial charge in [-0.1, -0.05) is 0 Å². The van der Waals surface area contributed by atoms with Gasteiger partial charge < -0.3 is 19.9 Å². The number of benzene rings is 1. The van der Waals surface area contributed by atoms with Crippen LogP contribution in [0.25, 0.3) is 5.69 Å². The zero-order valence-corrected chi connectivity index (χ0v) is 17.5. The fourth-order valence-electron chi connectivity index (χ4n) is 3.62. The first-order valence-electron chi connectivity index (χ1n) is 10.4. The number of anilines is 1. The van der Waals surface area contributed by atoms with E-state index in [0.29, 0.717) is 43.5 Å². The molecule has 0 unspecified atom stereocenters. The van der Waals surface area contributed by atoms with E-state index >= 15 is 0 Å². The average molecular weight is 412 g/mol. The van der Waals surface area contributed by atoms with Crippen molar-refractivity contribution in [2.24, 2.45) is 5.92 Å². The van der Waals surface area contributed by atoms with E-state index in [1.165, 1.54) is 12.8 Å². The summed E-state index contributed by atoms with van der Waals surface area (Å²) in [5, 5.41) is 7.28.